The predicted molar refractivity (Wildman–Crippen MR) is 98.2 cm³/mol. The summed E-state index contributed by atoms with van der Waals surface area (Å²) >= 11 is 0. The molecule has 2 heterocycles. The fourth-order valence-corrected chi connectivity index (χ4v) is 4.43. The minimum absolute atomic E-state index is 0.333. The predicted octanol–water partition coefficient (Wildman–Crippen LogP) is 1.07. The number of ether oxygens (including phenoxy) is 1. The molecule has 1 N–H and O–H groups in total. The standard InChI is InChI=1S/C18H29N3O3S/c1-16-4-6-18(7-5-16)25(22,23)19-8-9-20-10-12-21(13-11-20)15-17-3-2-14-24-17/h4-7,17,19H,2-3,8-15H2,1H3/t17-/m1/s1. The van der Waals surface area contributed by atoms with Crippen molar-refractivity contribution < 1.29 is 13.2 Å². The molecule has 3 rings (SSSR count). The number of nitrogens with zero attached hydrogens (tertiary/aromatic N) is 2. The van der Waals surface area contributed by atoms with Crippen LogP contribution in [-0.2, 0) is 14.8 Å². The third-order valence-electron chi connectivity index (χ3n) is 5.00. The van der Waals surface area contributed by atoms with Crippen molar-refractivity contribution in [1.29, 1.82) is 0 Å². The second-order valence-electron chi connectivity index (χ2n) is 6.99. The summed E-state index contributed by atoms with van der Waals surface area (Å²) in [5.41, 5.74) is 1.06. The van der Waals surface area contributed by atoms with Gasteiger partial charge in [0.25, 0.3) is 0 Å². The van der Waals surface area contributed by atoms with Crippen molar-refractivity contribution in [3.05, 3.63) is 29.8 Å². The summed E-state index contributed by atoms with van der Waals surface area (Å²) in [5.74, 6) is 0. The fourth-order valence-electron chi connectivity index (χ4n) is 3.41. The molecule has 25 heavy (non-hydrogen) atoms. The van der Waals surface area contributed by atoms with Gasteiger partial charge in [-0.2, -0.15) is 0 Å². The number of hydrogen-bond donors (Lipinski definition) is 1. The monoisotopic (exact) mass is 367 g/mol. The average Bonchev–Trinajstić information content (AvgIpc) is 3.10. The highest BCUT2D eigenvalue weighted by Gasteiger charge is 2.23. The van der Waals surface area contributed by atoms with Crippen molar-refractivity contribution in [2.24, 2.45) is 0 Å². The second kappa shape index (κ2) is 8.60. The van der Waals surface area contributed by atoms with E-state index >= 15 is 0 Å². The van der Waals surface area contributed by atoms with Crippen molar-refractivity contribution in [2.75, 3.05) is 52.4 Å². The van der Waals surface area contributed by atoms with E-state index in [-0.39, 0.29) is 0 Å². The quantitative estimate of drug-likeness (QED) is 0.781. The molecule has 2 aliphatic rings. The van der Waals surface area contributed by atoms with Crippen LogP contribution in [0.2, 0.25) is 0 Å². The van der Waals surface area contributed by atoms with Crippen molar-refractivity contribution >= 4 is 10.0 Å². The van der Waals surface area contributed by atoms with Crippen molar-refractivity contribution in [1.82, 2.24) is 14.5 Å². The third kappa shape index (κ3) is 5.49. The van der Waals surface area contributed by atoms with Gasteiger partial charge in [-0.05, 0) is 31.9 Å². The van der Waals surface area contributed by atoms with Crippen LogP contribution in [0.15, 0.2) is 29.2 Å². The Morgan fingerprint density at radius 1 is 1.12 bits per heavy atom. The molecule has 140 valence electrons. The van der Waals surface area contributed by atoms with E-state index in [1.807, 2.05) is 19.1 Å². The molecule has 0 saturated carbocycles. The summed E-state index contributed by atoms with van der Waals surface area (Å²) in [6.07, 6.45) is 2.78. The highest BCUT2D eigenvalue weighted by molar-refractivity contribution is 7.89. The van der Waals surface area contributed by atoms with E-state index in [0.29, 0.717) is 17.5 Å². The molecule has 0 bridgehead atoms. The van der Waals surface area contributed by atoms with Gasteiger partial charge in [0.05, 0.1) is 11.0 Å². The number of benzene rings is 1. The van der Waals surface area contributed by atoms with Gasteiger partial charge in [0.15, 0.2) is 0 Å². The normalized spacial score (nSPS) is 23.2. The van der Waals surface area contributed by atoms with E-state index in [2.05, 4.69) is 14.5 Å². The third-order valence-corrected chi connectivity index (χ3v) is 6.48. The van der Waals surface area contributed by atoms with Crippen LogP contribution in [0.3, 0.4) is 0 Å². The van der Waals surface area contributed by atoms with Gasteiger partial charge in [-0.25, -0.2) is 13.1 Å². The fraction of sp³-hybridized carbons (Fsp3) is 0.667. The van der Waals surface area contributed by atoms with Crippen molar-refractivity contribution in [3.8, 4) is 0 Å². The molecule has 1 aromatic carbocycles. The Morgan fingerprint density at radius 3 is 2.44 bits per heavy atom. The molecular formula is C18H29N3O3S. The maximum absolute atomic E-state index is 12.3. The Balaban J connectivity index is 1.37. The van der Waals surface area contributed by atoms with Gasteiger partial charge in [-0.15, -0.1) is 0 Å². The van der Waals surface area contributed by atoms with Gasteiger partial charge in [-0.1, -0.05) is 17.7 Å². The SMILES string of the molecule is Cc1ccc(S(=O)(=O)NCCN2CCN(C[C@H]3CCCO3)CC2)cc1. The lowest BCUT2D eigenvalue weighted by Crippen LogP contribution is -2.50. The number of nitrogens with one attached hydrogen (secondary N) is 1. The van der Waals surface area contributed by atoms with Crippen LogP contribution >= 0.6 is 0 Å². The maximum Gasteiger partial charge on any atom is 0.240 e. The largest absolute Gasteiger partial charge is 0.377 e. The number of rotatable bonds is 7. The lowest BCUT2D eigenvalue weighted by Gasteiger charge is -2.35. The first-order valence-electron chi connectivity index (χ1n) is 9.15. The van der Waals surface area contributed by atoms with Crippen LogP contribution in [0.1, 0.15) is 18.4 Å². The topological polar surface area (TPSA) is 61.9 Å². The Morgan fingerprint density at radius 2 is 1.80 bits per heavy atom. The van der Waals surface area contributed by atoms with Gasteiger partial charge < -0.3 is 4.74 Å². The zero-order valence-corrected chi connectivity index (χ0v) is 15.8. The average molecular weight is 368 g/mol. The molecule has 0 spiro atoms. The first-order valence-corrected chi connectivity index (χ1v) is 10.6. The van der Waals surface area contributed by atoms with Gasteiger partial charge in [0, 0.05) is 52.4 Å². The molecular weight excluding hydrogens is 338 g/mol. The molecule has 0 aromatic heterocycles. The van der Waals surface area contributed by atoms with Crippen LogP contribution in [0.5, 0.6) is 0 Å². The summed E-state index contributed by atoms with van der Waals surface area (Å²) in [6, 6.07) is 6.95. The van der Waals surface area contributed by atoms with E-state index in [1.165, 1.54) is 12.8 Å². The van der Waals surface area contributed by atoms with Crippen molar-refractivity contribution in [2.45, 2.75) is 30.8 Å². The molecule has 2 fully saturated rings. The Kier molecular flexibility index (Phi) is 6.46. The molecule has 2 saturated heterocycles. The van der Waals surface area contributed by atoms with Gasteiger partial charge in [0.1, 0.15) is 0 Å². The van der Waals surface area contributed by atoms with Crippen LogP contribution in [0.4, 0.5) is 0 Å². The summed E-state index contributed by atoms with van der Waals surface area (Å²) in [5, 5.41) is 0. The smallest absolute Gasteiger partial charge is 0.240 e. The van der Waals surface area contributed by atoms with Crippen molar-refractivity contribution in [3.63, 3.8) is 0 Å². The summed E-state index contributed by atoms with van der Waals surface area (Å²) in [6.45, 7) is 9.12. The maximum atomic E-state index is 12.3. The minimum Gasteiger partial charge on any atom is -0.377 e. The first kappa shape index (κ1) is 18.8. The molecule has 1 atom stereocenters. The van der Waals surface area contributed by atoms with E-state index in [1.54, 1.807) is 12.1 Å². The van der Waals surface area contributed by atoms with Gasteiger partial charge >= 0.3 is 0 Å². The molecule has 0 aliphatic carbocycles. The number of sulfonamides is 1. The second-order valence-corrected chi connectivity index (χ2v) is 8.76. The van der Waals surface area contributed by atoms with E-state index < -0.39 is 10.0 Å². The molecule has 2 aliphatic heterocycles. The lowest BCUT2D eigenvalue weighted by atomic mass is 10.2. The number of piperazine rings is 1. The molecule has 7 heteroatoms. The van der Waals surface area contributed by atoms with Gasteiger partial charge in [0.2, 0.25) is 10.0 Å². The summed E-state index contributed by atoms with van der Waals surface area (Å²) < 4.78 is 33.0. The van der Waals surface area contributed by atoms with Crippen LogP contribution < -0.4 is 4.72 Å². The molecule has 6 nitrogen and oxygen atoms in total. The number of aryl methyl sites for hydroxylation is 1. The Bertz CT molecular complexity index is 634. The van der Waals surface area contributed by atoms with E-state index in [0.717, 1.165) is 51.4 Å². The van der Waals surface area contributed by atoms with Crippen LogP contribution in [0.25, 0.3) is 0 Å². The molecule has 0 radical (unpaired) electrons. The Hall–Kier alpha value is -0.990. The Labute approximate surface area is 151 Å². The zero-order chi connectivity index (χ0) is 17.7. The number of hydrogen-bond acceptors (Lipinski definition) is 5. The lowest BCUT2D eigenvalue weighted by molar-refractivity contribution is 0.0509. The van der Waals surface area contributed by atoms with Crippen LogP contribution in [0, 0.1) is 6.92 Å². The van der Waals surface area contributed by atoms with E-state index in [9.17, 15) is 8.42 Å². The zero-order valence-electron chi connectivity index (χ0n) is 15.0. The molecule has 0 amide bonds. The summed E-state index contributed by atoms with van der Waals surface area (Å²) in [4.78, 5) is 5.12. The van der Waals surface area contributed by atoms with Gasteiger partial charge in [-0.3, -0.25) is 9.80 Å². The molecule has 1 aromatic rings. The highest BCUT2D eigenvalue weighted by atomic mass is 32.2. The van der Waals surface area contributed by atoms with E-state index in [4.69, 9.17) is 4.74 Å². The summed E-state index contributed by atoms with van der Waals surface area (Å²) in [7, 11) is -3.41. The van der Waals surface area contributed by atoms with Crippen LogP contribution in [-0.4, -0.2) is 76.7 Å². The molecule has 0 unspecified atom stereocenters. The first-order chi connectivity index (χ1) is 12.0. The minimum atomic E-state index is -3.41. The highest BCUT2D eigenvalue weighted by Crippen LogP contribution is 2.14.